The van der Waals surface area contributed by atoms with Gasteiger partial charge in [-0.15, -0.1) is 0 Å². The molecule has 0 saturated carbocycles. The molecular formula is C12H15NO2. The Balaban J connectivity index is 2.08. The predicted octanol–water partition coefficient (Wildman–Crippen LogP) is 1.64. The minimum absolute atomic E-state index is 0.189. The van der Waals surface area contributed by atoms with Gasteiger partial charge in [0.2, 0.25) is 0 Å². The molecule has 0 saturated heterocycles. The van der Waals surface area contributed by atoms with Crippen molar-refractivity contribution in [1.82, 2.24) is 0 Å². The van der Waals surface area contributed by atoms with E-state index in [0.29, 0.717) is 6.61 Å². The van der Waals surface area contributed by atoms with Crippen LogP contribution in [0.4, 0.5) is 0 Å². The van der Waals surface area contributed by atoms with E-state index in [1.165, 1.54) is 5.56 Å². The van der Waals surface area contributed by atoms with Crippen LogP contribution >= 0.6 is 0 Å². The van der Waals surface area contributed by atoms with Crippen LogP contribution in [0.25, 0.3) is 0 Å². The molecule has 80 valence electrons. The van der Waals surface area contributed by atoms with Crippen molar-refractivity contribution in [3.05, 3.63) is 34.9 Å². The SMILES string of the molecule is NCCCCc1ccc2c(c1)C(=O)OC2. The number of ether oxygens (including phenoxy) is 1. The summed E-state index contributed by atoms with van der Waals surface area (Å²) in [7, 11) is 0. The molecule has 0 aromatic heterocycles. The second-order valence-corrected chi connectivity index (χ2v) is 3.81. The van der Waals surface area contributed by atoms with E-state index in [1.807, 2.05) is 12.1 Å². The summed E-state index contributed by atoms with van der Waals surface area (Å²) in [5.41, 5.74) is 8.36. The molecule has 1 aliphatic heterocycles. The number of aryl methyl sites for hydroxylation is 1. The maximum Gasteiger partial charge on any atom is 0.338 e. The molecule has 3 heteroatoms. The van der Waals surface area contributed by atoms with Crippen molar-refractivity contribution < 1.29 is 9.53 Å². The van der Waals surface area contributed by atoms with Crippen molar-refractivity contribution in [1.29, 1.82) is 0 Å². The average molecular weight is 205 g/mol. The minimum atomic E-state index is -0.189. The fourth-order valence-corrected chi connectivity index (χ4v) is 1.79. The van der Waals surface area contributed by atoms with Gasteiger partial charge in [-0.05, 0) is 37.4 Å². The maximum atomic E-state index is 11.3. The van der Waals surface area contributed by atoms with Crippen molar-refractivity contribution >= 4 is 5.97 Å². The summed E-state index contributed by atoms with van der Waals surface area (Å²) in [4.78, 5) is 11.3. The van der Waals surface area contributed by atoms with Gasteiger partial charge in [0, 0.05) is 5.56 Å². The summed E-state index contributed by atoms with van der Waals surface area (Å²) in [6, 6.07) is 6.00. The van der Waals surface area contributed by atoms with Crippen LogP contribution < -0.4 is 5.73 Å². The van der Waals surface area contributed by atoms with E-state index in [4.69, 9.17) is 10.5 Å². The number of nitrogens with two attached hydrogens (primary N) is 1. The largest absolute Gasteiger partial charge is 0.457 e. The number of esters is 1. The van der Waals surface area contributed by atoms with Gasteiger partial charge in [0.25, 0.3) is 0 Å². The zero-order valence-electron chi connectivity index (χ0n) is 8.66. The number of hydrogen-bond acceptors (Lipinski definition) is 3. The molecule has 3 nitrogen and oxygen atoms in total. The van der Waals surface area contributed by atoms with Gasteiger partial charge < -0.3 is 10.5 Å². The molecule has 0 radical (unpaired) electrons. The first kappa shape index (κ1) is 10.2. The van der Waals surface area contributed by atoms with E-state index in [1.54, 1.807) is 0 Å². The standard InChI is InChI=1S/C12H15NO2/c13-6-2-1-3-9-4-5-10-8-15-12(14)11(10)7-9/h4-5,7H,1-3,6,8,13H2. The van der Waals surface area contributed by atoms with Crippen LogP contribution in [0, 0.1) is 0 Å². The Morgan fingerprint density at radius 2 is 2.20 bits per heavy atom. The van der Waals surface area contributed by atoms with Gasteiger partial charge >= 0.3 is 5.97 Å². The fraction of sp³-hybridized carbons (Fsp3) is 0.417. The van der Waals surface area contributed by atoms with Crippen LogP contribution in [-0.2, 0) is 17.8 Å². The van der Waals surface area contributed by atoms with E-state index in [9.17, 15) is 4.79 Å². The van der Waals surface area contributed by atoms with Crippen molar-refractivity contribution in [2.45, 2.75) is 25.9 Å². The van der Waals surface area contributed by atoms with Gasteiger partial charge in [0.1, 0.15) is 6.61 Å². The van der Waals surface area contributed by atoms with E-state index >= 15 is 0 Å². The van der Waals surface area contributed by atoms with Crippen molar-refractivity contribution in [3.8, 4) is 0 Å². The van der Waals surface area contributed by atoms with Gasteiger partial charge in [0.15, 0.2) is 0 Å². The van der Waals surface area contributed by atoms with E-state index in [-0.39, 0.29) is 5.97 Å². The molecule has 0 fully saturated rings. The third-order valence-corrected chi connectivity index (χ3v) is 2.67. The second-order valence-electron chi connectivity index (χ2n) is 3.81. The summed E-state index contributed by atoms with van der Waals surface area (Å²) in [6.45, 7) is 1.16. The minimum Gasteiger partial charge on any atom is -0.457 e. The number of rotatable bonds is 4. The third kappa shape index (κ3) is 2.18. The number of hydrogen-bond donors (Lipinski definition) is 1. The first-order valence-electron chi connectivity index (χ1n) is 5.30. The molecule has 1 heterocycles. The Kier molecular flexibility index (Phi) is 3.02. The van der Waals surface area contributed by atoms with E-state index in [0.717, 1.165) is 36.9 Å². The molecular weight excluding hydrogens is 190 g/mol. The molecule has 0 spiro atoms. The molecule has 1 aromatic rings. The molecule has 0 unspecified atom stereocenters. The molecule has 2 rings (SSSR count). The maximum absolute atomic E-state index is 11.3. The number of benzene rings is 1. The molecule has 1 aromatic carbocycles. The number of unbranched alkanes of at least 4 members (excludes halogenated alkanes) is 1. The highest BCUT2D eigenvalue weighted by molar-refractivity contribution is 5.93. The van der Waals surface area contributed by atoms with Crippen molar-refractivity contribution in [2.24, 2.45) is 5.73 Å². The smallest absolute Gasteiger partial charge is 0.338 e. The van der Waals surface area contributed by atoms with Crippen LogP contribution in [0.3, 0.4) is 0 Å². The highest BCUT2D eigenvalue weighted by Gasteiger charge is 2.20. The van der Waals surface area contributed by atoms with Crippen LogP contribution in [0.2, 0.25) is 0 Å². The second kappa shape index (κ2) is 4.45. The van der Waals surface area contributed by atoms with Crippen LogP contribution in [-0.4, -0.2) is 12.5 Å². The van der Waals surface area contributed by atoms with E-state index in [2.05, 4.69) is 6.07 Å². The number of carbonyl (C=O) groups is 1. The summed E-state index contributed by atoms with van der Waals surface area (Å²) in [5.74, 6) is -0.189. The molecule has 0 atom stereocenters. The Hall–Kier alpha value is -1.35. The van der Waals surface area contributed by atoms with Gasteiger partial charge in [0.05, 0.1) is 5.56 Å². The summed E-state index contributed by atoms with van der Waals surface area (Å²) in [5, 5.41) is 0. The van der Waals surface area contributed by atoms with Crippen LogP contribution in [0.5, 0.6) is 0 Å². The highest BCUT2D eigenvalue weighted by Crippen LogP contribution is 2.21. The van der Waals surface area contributed by atoms with Gasteiger partial charge in [-0.1, -0.05) is 12.1 Å². The quantitative estimate of drug-likeness (QED) is 0.600. The van der Waals surface area contributed by atoms with Crippen molar-refractivity contribution in [2.75, 3.05) is 6.54 Å². The molecule has 0 aliphatic carbocycles. The van der Waals surface area contributed by atoms with Gasteiger partial charge in [-0.25, -0.2) is 4.79 Å². The summed E-state index contributed by atoms with van der Waals surface area (Å²) >= 11 is 0. The summed E-state index contributed by atoms with van der Waals surface area (Å²) in [6.07, 6.45) is 3.09. The van der Waals surface area contributed by atoms with Crippen LogP contribution in [0.15, 0.2) is 18.2 Å². The third-order valence-electron chi connectivity index (χ3n) is 2.67. The molecule has 0 bridgehead atoms. The number of carbonyl (C=O) groups excluding carboxylic acids is 1. The monoisotopic (exact) mass is 205 g/mol. The Morgan fingerprint density at radius 1 is 1.33 bits per heavy atom. The zero-order chi connectivity index (χ0) is 10.7. The lowest BCUT2D eigenvalue weighted by Gasteiger charge is -2.01. The first-order chi connectivity index (χ1) is 7.31. The molecule has 15 heavy (non-hydrogen) atoms. The fourth-order valence-electron chi connectivity index (χ4n) is 1.79. The lowest BCUT2D eigenvalue weighted by Crippen LogP contribution is -2.00. The first-order valence-corrected chi connectivity index (χ1v) is 5.30. The zero-order valence-corrected chi connectivity index (χ0v) is 8.66. The Labute approximate surface area is 89.2 Å². The molecule has 0 amide bonds. The topological polar surface area (TPSA) is 52.3 Å². The number of cyclic esters (lactones) is 1. The normalized spacial score (nSPS) is 13.8. The molecule has 1 aliphatic rings. The van der Waals surface area contributed by atoms with Crippen molar-refractivity contribution in [3.63, 3.8) is 0 Å². The average Bonchev–Trinajstić information content (AvgIpc) is 2.61. The lowest BCUT2D eigenvalue weighted by molar-refractivity contribution is 0.0535. The molecule has 2 N–H and O–H groups in total. The van der Waals surface area contributed by atoms with Crippen LogP contribution in [0.1, 0.15) is 34.3 Å². The number of fused-ring (bicyclic) bond motifs is 1. The van der Waals surface area contributed by atoms with Gasteiger partial charge in [-0.3, -0.25) is 0 Å². The predicted molar refractivity (Wildman–Crippen MR) is 57.6 cm³/mol. The Morgan fingerprint density at radius 3 is 3.00 bits per heavy atom. The van der Waals surface area contributed by atoms with E-state index < -0.39 is 0 Å². The Bertz CT molecular complexity index is 374. The highest BCUT2D eigenvalue weighted by atomic mass is 16.5. The summed E-state index contributed by atoms with van der Waals surface area (Å²) < 4.78 is 4.94. The van der Waals surface area contributed by atoms with Gasteiger partial charge in [-0.2, -0.15) is 0 Å². The lowest BCUT2D eigenvalue weighted by atomic mass is 10.0.